The van der Waals surface area contributed by atoms with Crippen molar-refractivity contribution < 1.29 is 9.18 Å². The quantitative estimate of drug-likeness (QED) is 0.761. The zero-order valence-electron chi connectivity index (χ0n) is 9.40. The van der Waals surface area contributed by atoms with Crippen LogP contribution in [0.25, 0.3) is 0 Å². The van der Waals surface area contributed by atoms with Gasteiger partial charge in [-0.25, -0.2) is 4.39 Å². The summed E-state index contributed by atoms with van der Waals surface area (Å²) >= 11 is 5.81. The van der Waals surface area contributed by atoms with Crippen molar-refractivity contribution >= 4 is 17.5 Å². The lowest BCUT2D eigenvalue weighted by molar-refractivity contribution is 0.0680. The van der Waals surface area contributed by atoms with Gasteiger partial charge in [0.05, 0.1) is 11.8 Å². The number of rotatable bonds is 2. The fourth-order valence-electron chi connectivity index (χ4n) is 2.09. The van der Waals surface area contributed by atoms with Crippen molar-refractivity contribution in [2.45, 2.75) is 12.8 Å². The maximum Gasteiger partial charge on any atom is 0.256 e. The number of pyridine rings is 1. The molecular formula is C12H14ClFN2O. The maximum absolute atomic E-state index is 13.4. The molecule has 0 aliphatic carbocycles. The molecule has 0 spiro atoms. The van der Waals surface area contributed by atoms with Crippen LogP contribution in [-0.4, -0.2) is 34.8 Å². The zero-order chi connectivity index (χ0) is 12.3. The summed E-state index contributed by atoms with van der Waals surface area (Å²) in [6.07, 6.45) is 4.46. The molecule has 92 valence electrons. The van der Waals surface area contributed by atoms with Gasteiger partial charge in [0.1, 0.15) is 0 Å². The molecule has 5 heteroatoms. The van der Waals surface area contributed by atoms with E-state index in [2.05, 4.69) is 4.98 Å². The number of piperidine rings is 1. The van der Waals surface area contributed by atoms with E-state index in [9.17, 15) is 9.18 Å². The Morgan fingerprint density at radius 3 is 3.18 bits per heavy atom. The van der Waals surface area contributed by atoms with Gasteiger partial charge in [0.25, 0.3) is 5.91 Å². The summed E-state index contributed by atoms with van der Waals surface area (Å²) in [7, 11) is 0. The Kier molecular flexibility index (Phi) is 3.94. The molecule has 1 aliphatic rings. The van der Waals surface area contributed by atoms with Crippen LogP contribution in [0.4, 0.5) is 4.39 Å². The molecule has 0 N–H and O–H groups in total. The smallest absolute Gasteiger partial charge is 0.256 e. The number of aromatic nitrogens is 1. The van der Waals surface area contributed by atoms with Gasteiger partial charge in [-0.3, -0.25) is 9.78 Å². The monoisotopic (exact) mass is 256 g/mol. The molecular weight excluding hydrogens is 243 g/mol. The number of amides is 1. The fraction of sp³-hybridized carbons (Fsp3) is 0.500. The van der Waals surface area contributed by atoms with E-state index >= 15 is 0 Å². The largest absolute Gasteiger partial charge is 0.338 e. The summed E-state index contributed by atoms with van der Waals surface area (Å²) in [5, 5.41) is 0. The topological polar surface area (TPSA) is 33.2 Å². The van der Waals surface area contributed by atoms with Crippen LogP contribution in [0.1, 0.15) is 23.2 Å². The minimum absolute atomic E-state index is 0.0928. The van der Waals surface area contributed by atoms with Crippen LogP contribution in [0, 0.1) is 11.7 Å². The first-order valence-corrected chi connectivity index (χ1v) is 6.20. The Hall–Kier alpha value is -1.16. The lowest BCUT2D eigenvalue weighted by Gasteiger charge is -2.31. The van der Waals surface area contributed by atoms with Crippen LogP contribution < -0.4 is 0 Å². The molecule has 1 saturated heterocycles. The highest BCUT2D eigenvalue weighted by Gasteiger charge is 2.25. The molecule has 0 saturated carbocycles. The van der Waals surface area contributed by atoms with Crippen LogP contribution in [-0.2, 0) is 0 Å². The Labute approximate surface area is 105 Å². The van der Waals surface area contributed by atoms with Gasteiger partial charge in [0.2, 0.25) is 0 Å². The molecule has 1 aromatic rings. The highest BCUT2D eigenvalue weighted by Crippen LogP contribution is 2.20. The van der Waals surface area contributed by atoms with Crippen LogP contribution in [0.5, 0.6) is 0 Å². The van der Waals surface area contributed by atoms with E-state index in [4.69, 9.17) is 11.6 Å². The molecule has 2 heterocycles. The number of carbonyl (C=O) groups excluding carboxylic acids is 1. The summed E-state index contributed by atoms with van der Waals surface area (Å²) < 4.78 is 13.4. The van der Waals surface area contributed by atoms with Crippen LogP contribution >= 0.6 is 11.6 Å². The Bertz CT molecular complexity index is 413. The molecule has 0 aromatic carbocycles. The molecule has 0 radical (unpaired) electrons. The van der Waals surface area contributed by atoms with Gasteiger partial charge in [-0.05, 0) is 24.8 Å². The summed E-state index contributed by atoms with van der Waals surface area (Å²) in [5.74, 6) is 0.0345. The molecule has 1 unspecified atom stereocenters. The highest BCUT2D eigenvalue weighted by molar-refractivity contribution is 6.18. The van der Waals surface area contributed by atoms with Crippen LogP contribution in [0.15, 0.2) is 18.5 Å². The average Bonchev–Trinajstić information content (AvgIpc) is 2.38. The Morgan fingerprint density at radius 2 is 2.47 bits per heavy atom. The molecule has 1 fully saturated rings. The molecule has 1 atom stereocenters. The second-order valence-corrected chi connectivity index (χ2v) is 4.58. The van der Waals surface area contributed by atoms with Crippen LogP contribution in [0.2, 0.25) is 0 Å². The summed E-state index contributed by atoms with van der Waals surface area (Å²) in [4.78, 5) is 17.4. The highest BCUT2D eigenvalue weighted by atomic mass is 35.5. The van der Waals surface area contributed by atoms with Gasteiger partial charge in [-0.1, -0.05) is 0 Å². The van der Waals surface area contributed by atoms with Crippen molar-refractivity contribution in [3.63, 3.8) is 0 Å². The van der Waals surface area contributed by atoms with Gasteiger partial charge in [0.15, 0.2) is 5.82 Å². The van der Waals surface area contributed by atoms with Crippen molar-refractivity contribution in [2.75, 3.05) is 19.0 Å². The number of nitrogens with zero attached hydrogens (tertiary/aromatic N) is 2. The standard InChI is InChI=1S/C12H14ClFN2O/c13-6-9-2-1-5-16(8-9)12(17)10-3-4-15-7-11(10)14/h3-4,7,9H,1-2,5-6,8H2. The number of halogens is 2. The SMILES string of the molecule is O=C(c1ccncc1F)N1CCCC(CCl)C1. The van der Waals surface area contributed by atoms with E-state index < -0.39 is 5.82 Å². The van der Waals surface area contributed by atoms with Gasteiger partial charge in [0, 0.05) is 25.2 Å². The number of alkyl halides is 1. The zero-order valence-corrected chi connectivity index (χ0v) is 10.2. The lowest BCUT2D eigenvalue weighted by atomic mass is 9.99. The number of likely N-dealkylation sites (tertiary alicyclic amines) is 1. The third-order valence-corrected chi connectivity index (χ3v) is 3.46. The van der Waals surface area contributed by atoms with Crippen molar-refractivity contribution in [3.8, 4) is 0 Å². The summed E-state index contributed by atoms with van der Waals surface area (Å²) in [6.45, 7) is 1.29. The van der Waals surface area contributed by atoms with E-state index in [1.165, 1.54) is 12.3 Å². The first kappa shape index (κ1) is 12.3. The van der Waals surface area contributed by atoms with Gasteiger partial charge in [-0.15, -0.1) is 11.6 Å². The van der Waals surface area contributed by atoms with E-state index in [1.54, 1.807) is 4.90 Å². The predicted molar refractivity (Wildman–Crippen MR) is 63.5 cm³/mol. The second kappa shape index (κ2) is 5.45. The number of hydrogen-bond donors (Lipinski definition) is 0. The summed E-state index contributed by atoms with van der Waals surface area (Å²) in [5.41, 5.74) is 0.0928. The molecule has 1 aromatic heterocycles. The molecule has 0 bridgehead atoms. The van der Waals surface area contributed by atoms with Crippen molar-refractivity contribution in [2.24, 2.45) is 5.92 Å². The normalized spacial score (nSPS) is 20.4. The van der Waals surface area contributed by atoms with Crippen LogP contribution in [0.3, 0.4) is 0 Å². The number of carbonyl (C=O) groups is 1. The van der Waals surface area contributed by atoms with Gasteiger partial charge < -0.3 is 4.90 Å². The van der Waals surface area contributed by atoms with E-state index in [1.807, 2.05) is 0 Å². The average molecular weight is 257 g/mol. The second-order valence-electron chi connectivity index (χ2n) is 4.27. The first-order chi connectivity index (χ1) is 8.22. The molecule has 3 nitrogen and oxygen atoms in total. The van der Waals surface area contributed by atoms with E-state index in [0.717, 1.165) is 19.0 Å². The van der Waals surface area contributed by atoms with Gasteiger partial charge in [-0.2, -0.15) is 0 Å². The molecule has 1 aliphatic heterocycles. The van der Waals surface area contributed by atoms with E-state index in [0.29, 0.717) is 24.9 Å². The Balaban J connectivity index is 2.12. The Morgan fingerprint density at radius 1 is 1.65 bits per heavy atom. The van der Waals surface area contributed by atoms with E-state index in [-0.39, 0.29) is 11.5 Å². The predicted octanol–water partition coefficient (Wildman–Crippen LogP) is 2.31. The maximum atomic E-state index is 13.4. The van der Waals surface area contributed by atoms with Crippen molar-refractivity contribution in [1.82, 2.24) is 9.88 Å². The lowest BCUT2D eigenvalue weighted by Crippen LogP contribution is -2.40. The minimum atomic E-state index is -0.564. The molecule has 1 amide bonds. The number of hydrogen-bond acceptors (Lipinski definition) is 2. The summed E-state index contributed by atoms with van der Waals surface area (Å²) in [6, 6.07) is 1.42. The molecule has 2 rings (SSSR count). The third kappa shape index (κ3) is 2.75. The van der Waals surface area contributed by atoms with Crippen molar-refractivity contribution in [1.29, 1.82) is 0 Å². The molecule has 17 heavy (non-hydrogen) atoms. The fourth-order valence-corrected chi connectivity index (χ4v) is 2.35. The third-order valence-electron chi connectivity index (χ3n) is 3.03. The van der Waals surface area contributed by atoms with Gasteiger partial charge >= 0.3 is 0 Å². The first-order valence-electron chi connectivity index (χ1n) is 5.67. The van der Waals surface area contributed by atoms with Crippen molar-refractivity contribution in [3.05, 3.63) is 29.8 Å². The minimum Gasteiger partial charge on any atom is -0.338 e.